The first-order valence-corrected chi connectivity index (χ1v) is 10.6. The molecule has 0 aliphatic heterocycles. The SMILES string of the molecule is c1ccc(-c2ccc(Nc3ccc(-c4ccnc5c4oc4ccccc45)cc3)cc2)cc1. The summed E-state index contributed by atoms with van der Waals surface area (Å²) >= 11 is 0. The third kappa shape index (κ3) is 3.30. The van der Waals surface area contributed by atoms with Crippen LogP contribution in [0.5, 0.6) is 0 Å². The van der Waals surface area contributed by atoms with Crippen molar-refractivity contribution in [2.24, 2.45) is 0 Å². The third-order valence-corrected chi connectivity index (χ3v) is 5.74. The maximum atomic E-state index is 6.13. The molecule has 0 atom stereocenters. The third-order valence-electron chi connectivity index (χ3n) is 5.74. The van der Waals surface area contributed by atoms with Crippen LogP contribution in [0.15, 0.2) is 120 Å². The van der Waals surface area contributed by atoms with Crippen LogP contribution in [0.4, 0.5) is 11.4 Å². The van der Waals surface area contributed by atoms with Crippen molar-refractivity contribution in [2.75, 3.05) is 5.32 Å². The summed E-state index contributed by atoms with van der Waals surface area (Å²) in [7, 11) is 0. The van der Waals surface area contributed by atoms with E-state index in [4.69, 9.17) is 4.42 Å². The molecule has 32 heavy (non-hydrogen) atoms. The van der Waals surface area contributed by atoms with Crippen LogP contribution in [0.1, 0.15) is 0 Å². The van der Waals surface area contributed by atoms with Gasteiger partial charge in [0, 0.05) is 28.5 Å². The van der Waals surface area contributed by atoms with Crippen molar-refractivity contribution < 1.29 is 4.42 Å². The number of nitrogens with zero attached hydrogens (tertiary/aromatic N) is 1. The van der Waals surface area contributed by atoms with Crippen molar-refractivity contribution in [1.82, 2.24) is 4.98 Å². The number of anilines is 2. The van der Waals surface area contributed by atoms with Crippen molar-refractivity contribution >= 4 is 33.4 Å². The number of hydrogen-bond acceptors (Lipinski definition) is 3. The van der Waals surface area contributed by atoms with Gasteiger partial charge in [-0.25, -0.2) is 0 Å². The Kier molecular flexibility index (Phi) is 4.43. The summed E-state index contributed by atoms with van der Waals surface area (Å²) < 4.78 is 6.13. The zero-order valence-corrected chi connectivity index (χ0v) is 17.3. The highest BCUT2D eigenvalue weighted by molar-refractivity contribution is 6.07. The van der Waals surface area contributed by atoms with Crippen molar-refractivity contribution in [3.8, 4) is 22.3 Å². The highest BCUT2D eigenvalue weighted by Crippen LogP contribution is 2.34. The molecule has 0 saturated carbocycles. The molecule has 0 bridgehead atoms. The van der Waals surface area contributed by atoms with E-state index in [0.717, 1.165) is 44.6 Å². The normalized spacial score (nSPS) is 11.1. The van der Waals surface area contributed by atoms with Crippen LogP contribution in [0.3, 0.4) is 0 Å². The maximum Gasteiger partial charge on any atom is 0.161 e. The number of hydrogen-bond donors (Lipinski definition) is 1. The van der Waals surface area contributed by atoms with E-state index >= 15 is 0 Å². The molecular weight excluding hydrogens is 392 g/mol. The Morgan fingerprint density at radius 2 is 1.19 bits per heavy atom. The van der Waals surface area contributed by atoms with Crippen LogP contribution >= 0.6 is 0 Å². The molecule has 0 spiro atoms. The van der Waals surface area contributed by atoms with E-state index < -0.39 is 0 Å². The van der Waals surface area contributed by atoms with E-state index in [9.17, 15) is 0 Å². The van der Waals surface area contributed by atoms with Gasteiger partial charge in [-0.05, 0) is 59.2 Å². The van der Waals surface area contributed by atoms with E-state index in [2.05, 4.69) is 83.1 Å². The molecule has 0 fully saturated rings. The van der Waals surface area contributed by atoms with Gasteiger partial charge in [0.05, 0.1) is 0 Å². The summed E-state index contributed by atoms with van der Waals surface area (Å²) in [6.07, 6.45) is 1.85. The Morgan fingerprint density at radius 1 is 0.562 bits per heavy atom. The van der Waals surface area contributed by atoms with Gasteiger partial charge in [0.1, 0.15) is 11.1 Å². The van der Waals surface area contributed by atoms with Crippen molar-refractivity contribution in [2.45, 2.75) is 0 Å². The Balaban J connectivity index is 1.27. The highest BCUT2D eigenvalue weighted by atomic mass is 16.3. The fourth-order valence-corrected chi connectivity index (χ4v) is 4.11. The predicted octanol–water partition coefficient (Wildman–Crippen LogP) is 8.06. The molecule has 4 aromatic carbocycles. The summed E-state index contributed by atoms with van der Waals surface area (Å²) in [5.74, 6) is 0. The van der Waals surface area contributed by atoms with Gasteiger partial charge in [-0.2, -0.15) is 0 Å². The van der Waals surface area contributed by atoms with Crippen LogP contribution in [-0.2, 0) is 0 Å². The van der Waals surface area contributed by atoms with Crippen molar-refractivity contribution in [3.63, 3.8) is 0 Å². The lowest BCUT2D eigenvalue weighted by Crippen LogP contribution is -1.90. The number of rotatable bonds is 4. The number of benzene rings is 4. The van der Waals surface area contributed by atoms with Crippen LogP contribution in [0.2, 0.25) is 0 Å². The number of pyridine rings is 1. The van der Waals surface area contributed by atoms with Crippen LogP contribution in [0.25, 0.3) is 44.3 Å². The molecule has 0 aliphatic rings. The second-order valence-electron chi connectivity index (χ2n) is 7.78. The molecule has 152 valence electrons. The zero-order chi connectivity index (χ0) is 21.3. The van der Waals surface area contributed by atoms with E-state index in [-0.39, 0.29) is 0 Å². The summed E-state index contributed by atoms with van der Waals surface area (Å²) in [5, 5.41) is 4.53. The number of para-hydroxylation sites is 1. The summed E-state index contributed by atoms with van der Waals surface area (Å²) in [6, 6.07) is 37.4. The average molecular weight is 412 g/mol. The molecule has 0 amide bonds. The summed E-state index contributed by atoms with van der Waals surface area (Å²) in [5.41, 5.74) is 9.25. The zero-order valence-electron chi connectivity index (χ0n) is 17.3. The van der Waals surface area contributed by atoms with Gasteiger partial charge in [0.2, 0.25) is 0 Å². The first kappa shape index (κ1) is 18.4. The molecule has 0 radical (unpaired) electrons. The predicted molar refractivity (Wildman–Crippen MR) is 132 cm³/mol. The second-order valence-corrected chi connectivity index (χ2v) is 7.78. The molecule has 1 N–H and O–H groups in total. The molecule has 6 aromatic rings. The summed E-state index contributed by atoms with van der Waals surface area (Å²) in [4.78, 5) is 4.55. The van der Waals surface area contributed by atoms with Crippen LogP contribution in [-0.4, -0.2) is 4.98 Å². The lowest BCUT2D eigenvalue weighted by atomic mass is 10.0. The van der Waals surface area contributed by atoms with E-state index in [1.54, 1.807) is 0 Å². The van der Waals surface area contributed by atoms with Gasteiger partial charge >= 0.3 is 0 Å². The standard InChI is InChI=1S/C29H20N2O/c1-2-6-20(7-3-1)21-10-14-23(15-11-21)31-24-16-12-22(13-17-24)25-18-19-30-28-26-8-4-5-9-27(26)32-29(25)28/h1-19,31H. The Morgan fingerprint density at radius 3 is 1.94 bits per heavy atom. The number of nitrogens with one attached hydrogen (secondary N) is 1. The number of aromatic nitrogens is 1. The quantitative estimate of drug-likeness (QED) is 0.318. The molecule has 6 rings (SSSR count). The fourth-order valence-electron chi connectivity index (χ4n) is 4.11. The first-order chi connectivity index (χ1) is 15.8. The van der Waals surface area contributed by atoms with Gasteiger partial charge in [-0.3, -0.25) is 4.98 Å². The Labute approximate surface area is 186 Å². The van der Waals surface area contributed by atoms with Gasteiger partial charge in [0.25, 0.3) is 0 Å². The molecule has 2 heterocycles. The van der Waals surface area contributed by atoms with E-state index in [0.29, 0.717) is 0 Å². The minimum atomic E-state index is 0.825. The van der Waals surface area contributed by atoms with Gasteiger partial charge in [-0.15, -0.1) is 0 Å². The lowest BCUT2D eigenvalue weighted by Gasteiger charge is -2.09. The topological polar surface area (TPSA) is 38.1 Å². The van der Waals surface area contributed by atoms with Crippen molar-refractivity contribution in [1.29, 1.82) is 0 Å². The highest BCUT2D eigenvalue weighted by Gasteiger charge is 2.12. The largest absolute Gasteiger partial charge is 0.454 e. The average Bonchev–Trinajstić information content (AvgIpc) is 3.25. The molecule has 2 aromatic heterocycles. The van der Waals surface area contributed by atoms with E-state index in [1.165, 1.54) is 11.1 Å². The van der Waals surface area contributed by atoms with Gasteiger partial charge in [-0.1, -0.05) is 66.7 Å². The lowest BCUT2D eigenvalue weighted by molar-refractivity contribution is 0.669. The molecular formula is C29H20N2O. The maximum absolute atomic E-state index is 6.13. The van der Waals surface area contributed by atoms with Crippen molar-refractivity contribution in [3.05, 3.63) is 115 Å². The Hall–Kier alpha value is -4.37. The molecule has 3 nitrogen and oxygen atoms in total. The monoisotopic (exact) mass is 412 g/mol. The minimum absolute atomic E-state index is 0.825. The number of furan rings is 1. The minimum Gasteiger partial charge on any atom is -0.454 e. The van der Waals surface area contributed by atoms with Crippen LogP contribution < -0.4 is 5.32 Å². The first-order valence-electron chi connectivity index (χ1n) is 10.6. The second kappa shape index (κ2) is 7.71. The van der Waals surface area contributed by atoms with Gasteiger partial charge in [0.15, 0.2) is 5.58 Å². The fraction of sp³-hybridized carbons (Fsp3) is 0. The van der Waals surface area contributed by atoms with E-state index in [1.807, 2.05) is 42.6 Å². The Bertz CT molecular complexity index is 1520. The molecule has 0 unspecified atom stereocenters. The van der Waals surface area contributed by atoms with Crippen LogP contribution in [0, 0.1) is 0 Å². The molecule has 0 saturated heterocycles. The molecule has 0 aliphatic carbocycles. The molecule has 3 heteroatoms. The smallest absolute Gasteiger partial charge is 0.161 e. The number of fused-ring (bicyclic) bond motifs is 3. The summed E-state index contributed by atoms with van der Waals surface area (Å²) in [6.45, 7) is 0. The van der Waals surface area contributed by atoms with Gasteiger partial charge < -0.3 is 9.73 Å².